The molecule has 0 amide bonds. The number of benzene rings is 1. The Morgan fingerprint density at radius 2 is 2.17 bits per heavy atom. The van der Waals surface area contributed by atoms with Gasteiger partial charge in [-0.05, 0) is 24.6 Å². The largest absolute Gasteiger partial charge is 0.387 e. The van der Waals surface area contributed by atoms with Crippen LogP contribution in [0.15, 0.2) is 24.3 Å². The second kappa shape index (κ2) is 3.90. The number of nitrogens with two attached hydrogens (primary N) is 1. The van der Waals surface area contributed by atoms with Crippen molar-refractivity contribution in [1.29, 1.82) is 0 Å². The quantitative estimate of drug-likeness (QED) is 0.737. The normalized spacial score (nSPS) is 15.7. The van der Waals surface area contributed by atoms with E-state index in [9.17, 15) is 5.11 Å². The topological polar surface area (TPSA) is 46.2 Å². The third-order valence-corrected chi connectivity index (χ3v) is 1.92. The van der Waals surface area contributed by atoms with Crippen molar-refractivity contribution in [3.05, 3.63) is 34.9 Å². The fraction of sp³-hybridized carbons (Fsp3) is 0.333. The van der Waals surface area contributed by atoms with Crippen molar-refractivity contribution in [2.24, 2.45) is 5.73 Å². The summed E-state index contributed by atoms with van der Waals surface area (Å²) in [7, 11) is 0. The van der Waals surface area contributed by atoms with E-state index in [-0.39, 0.29) is 6.04 Å². The van der Waals surface area contributed by atoms with E-state index in [4.69, 9.17) is 17.3 Å². The lowest BCUT2D eigenvalue weighted by Gasteiger charge is -2.14. The lowest BCUT2D eigenvalue weighted by Crippen LogP contribution is -2.24. The molecule has 1 aromatic rings. The maximum Gasteiger partial charge on any atom is 0.0938 e. The fourth-order valence-electron chi connectivity index (χ4n) is 0.994. The second-order valence-electron chi connectivity index (χ2n) is 2.86. The van der Waals surface area contributed by atoms with Gasteiger partial charge in [0.15, 0.2) is 0 Å². The molecule has 0 aliphatic carbocycles. The molecule has 2 nitrogen and oxygen atoms in total. The lowest BCUT2D eigenvalue weighted by atomic mass is 10.0. The van der Waals surface area contributed by atoms with Crippen molar-refractivity contribution in [3.8, 4) is 0 Å². The summed E-state index contributed by atoms with van der Waals surface area (Å²) in [5, 5.41) is 10.2. The van der Waals surface area contributed by atoms with Gasteiger partial charge < -0.3 is 10.8 Å². The van der Waals surface area contributed by atoms with Gasteiger partial charge in [-0.2, -0.15) is 0 Å². The molecule has 0 unspecified atom stereocenters. The first kappa shape index (κ1) is 9.52. The zero-order chi connectivity index (χ0) is 9.14. The maximum atomic E-state index is 9.54. The highest BCUT2D eigenvalue weighted by Gasteiger charge is 2.11. The highest BCUT2D eigenvalue weighted by atomic mass is 35.5. The van der Waals surface area contributed by atoms with Crippen molar-refractivity contribution >= 4 is 11.6 Å². The Bertz CT molecular complexity index is 262. The van der Waals surface area contributed by atoms with Gasteiger partial charge in [-0.25, -0.2) is 0 Å². The molecule has 0 radical (unpaired) electrons. The Hall–Kier alpha value is -0.570. The van der Waals surface area contributed by atoms with E-state index >= 15 is 0 Å². The molecule has 12 heavy (non-hydrogen) atoms. The van der Waals surface area contributed by atoms with Crippen LogP contribution in [-0.2, 0) is 0 Å². The van der Waals surface area contributed by atoms with Gasteiger partial charge >= 0.3 is 0 Å². The molecule has 0 heterocycles. The Balaban J connectivity index is 2.88. The number of aliphatic hydroxyl groups is 1. The number of hydrogen-bond donors (Lipinski definition) is 2. The van der Waals surface area contributed by atoms with Crippen LogP contribution >= 0.6 is 11.6 Å². The highest BCUT2D eigenvalue weighted by Crippen LogP contribution is 2.19. The summed E-state index contributed by atoms with van der Waals surface area (Å²) in [6, 6.07) is 6.81. The summed E-state index contributed by atoms with van der Waals surface area (Å²) in [4.78, 5) is 0. The molecule has 1 aromatic carbocycles. The van der Waals surface area contributed by atoms with Crippen molar-refractivity contribution in [3.63, 3.8) is 0 Å². The van der Waals surface area contributed by atoms with Crippen molar-refractivity contribution in [2.75, 3.05) is 0 Å². The zero-order valence-corrected chi connectivity index (χ0v) is 7.62. The standard InChI is InChI=1S/C9H12ClNO/c1-6(11)9(12)7-3-2-4-8(10)5-7/h2-6,9,12H,11H2,1H3/t6-,9-/m1/s1. The maximum absolute atomic E-state index is 9.54. The number of rotatable bonds is 2. The lowest BCUT2D eigenvalue weighted by molar-refractivity contribution is 0.153. The molecule has 0 aliphatic rings. The predicted molar refractivity (Wildman–Crippen MR) is 50.1 cm³/mol. The minimum atomic E-state index is -0.635. The van der Waals surface area contributed by atoms with Gasteiger partial charge in [0, 0.05) is 11.1 Å². The molecule has 3 N–H and O–H groups in total. The van der Waals surface area contributed by atoms with E-state index in [1.54, 1.807) is 31.2 Å². The molecular weight excluding hydrogens is 174 g/mol. The smallest absolute Gasteiger partial charge is 0.0938 e. The molecule has 66 valence electrons. The Morgan fingerprint density at radius 3 is 2.67 bits per heavy atom. The van der Waals surface area contributed by atoms with Gasteiger partial charge in [-0.1, -0.05) is 23.7 Å². The molecule has 1 rings (SSSR count). The van der Waals surface area contributed by atoms with Gasteiger partial charge in [-0.15, -0.1) is 0 Å². The van der Waals surface area contributed by atoms with Gasteiger partial charge in [-0.3, -0.25) is 0 Å². The van der Waals surface area contributed by atoms with Crippen molar-refractivity contribution in [1.82, 2.24) is 0 Å². The molecule has 3 heteroatoms. The van der Waals surface area contributed by atoms with E-state index in [0.29, 0.717) is 5.02 Å². The number of aliphatic hydroxyl groups excluding tert-OH is 1. The van der Waals surface area contributed by atoms with E-state index in [2.05, 4.69) is 0 Å². The van der Waals surface area contributed by atoms with Crippen LogP contribution in [0, 0.1) is 0 Å². The first-order chi connectivity index (χ1) is 5.61. The average Bonchev–Trinajstić information content (AvgIpc) is 2.03. The van der Waals surface area contributed by atoms with Crippen LogP contribution in [0.25, 0.3) is 0 Å². The third kappa shape index (κ3) is 2.21. The second-order valence-corrected chi connectivity index (χ2v) is 3.30. The highest BCUT2D eigenvalue weighted by molar-refractivity contribution is 6.30. The molecule has 0 saturated carbocycles. The number of halogens is 1. The molecule has 0 aliphatic heterocycles. The monoisotopic (exact) mass is 185 g/mol. The summed E-state index contributed by atoms with van der Waals surface area (Å²) in [5.74, 6) is 0. The predicted octanol–water partition coefficient (Wildman–Crippen LogP) is 1.72. The molecule has 0 spiro atoms. The molecule has 0 bridgehead atoms. The van der Waals surface area contributed by atoms with Crippen molar-refractivity contribution < 1.29 is 5.11 Å². The summed E-state index contributed by atoms with van der Waals surface area (Å²) in [6.45, 7) is 1.76. The minimum absolute atomic E-state index is 0.275. The van der Waals surface area contributed by atoms with Crippen LogP contribution in [0.2, 0.25) is 5.02 Å². The van der Waals surface area contributed by atoms with Gasteiger partial charge in [0.05, 0.1) is 6.10 Å². The average molecular weight is 186 g/mol. The summed E-state index contributed by atoms with van der Waals surface area (Å²) in [5.41, 5.74) is 6.29. The van der Waals surface area contributed by atoms with E-state index in [1.807, 2.05) is 0 Å². The zero-order valence-electron chi connectivity index (χ0n) is 6.87. The van der Waals surface area contributed by atoms with Crippen LogP contribution in [-0.4, -0.2) is 11.1 Å². The number of hydrogen-bond acceptors (Lipinski definition) is 2. The summed E-state index contributed by atoms with van der Waals surface area (Å²) >= 11 is 5.74. The molecule has 0 aromatic heterocycles. The first-order valence-corrected chi connectivity index (χ1v) is 4.18. The Kier molecular flexibility index (Phi) is 3.09. The Morgan fingerprint density at radius 1 is 1.50 bits per heavy atom. The SMILES string of the molecule is C[C@@H](N)[C@@H](O)c1cccc(Cl)c1. The van der Waals surface area contributed by atoms with Gasteiger partial charge in [0.25, 0.3) is 0 Å². The first-order valence-electron chi connectivity index (χ1n) is 3.80. The van der Waals surface area contributed by atoms with Crippen LogP contribution in [0.5, 0.6) is 0 Å². The Labute approximate surface area is 77.0 Å². The van der Waals surface area contributed by atoms with Crippen LogP contribution in [0.3, 0.4) is 0 Å². The van der Waals surface area contributed by atoms with Crippen LogP contribution in [0.4, 0.5) is 0 Å². The third-order valence-electron chi connectivity index (χ3n) is 1.69. The van der Waals surface area contributed by atoms with E-state index in [1.165, 1.54) is 0 Å². The van der Waals surface area contributed by atoms with Crippen LogP contribution in [0.1, 0.15) is 18.6 Å². The van der Waals surface area contributed by atoms with Gasteiger partial charge in [0.2, 0.25) is 0 Å². The van der Waals surface area contributed by atoms with E-state index in [0.717, 1.165) is 5.56 Å². The molecule has 0 saturated heterocycles. The molecular formula is C9H12ClNO. The summed E-state index contributed by atoms with van der Waals surface area (Å²) in [6.07, 6.45) is -0.635. The van der Waals surface area contributed by atoms with Gasteiger partial charge in [0.1, 0.15) is 0 Å². The molecule has 2 atom stereocenters. The van der Waals surface area contributed by atoms with Crippen molar-refractivity contribution in [2.45, 2.75) is 19.1 Å². The molecule has 0 fully saturated rings. The minimum Gasteiger partial charge on any atom is -0.387 e. The summed E-state index contributed by atoms with van der Waals surface area (Å²) < 4.78 is 0. The van der Waals surface area contributed by atoms with E-state index < -0.39 is 6.10 Å². The van der Waals surface area contributed by atoms with Crippen LogP contribution < -0.4 is 5.73 Å². The fourth-order valence-corrected chi connectivity index (χ4v) is 1.19.